The summed E-state index contributed by atoms with van der Waals surface area (Å²) in [5, 5.41) is 0. The van der Waals surface area contributed by atoms with Gasteiger partial charge in [-0.05, 0) is 54.7 Å². The largest absolute Gasteiger partial charge is 0.497 e. The molecule has 0 atom stereocenters. The SMILES string of the molecule is COCOc1ccc(CCCCOCc2ccc(OC)cc2)cc1. The Morgan fingerprint density at radius 1 is 0.750 bits per heavy atom. The van der Waals surface area contributed by atoms with Crippen LogP contribution in [0, 0.1) is 0 Å². The lowest BCUT2D eigenvalue weighted by atomic mass is 10.1. The van der Waals surface area contributed by atoms with Crippen LogP contribution in [0.5, 0.6) is 11.5 Å². The highest BCUT2D eigenvalue weighted by atomic mass is 16.7. The standard InChI is InChI=1S/C20H26O4/c1-21-16-24-20-12-6-17(7-13-20)5-3-4-14-23-15-18-8-10-19(22-2)11-9-18/h6-13H,3-5,14-16H2,1-2H3. The fourth-order valence-corrected chi connectivity index (χ4v) is 2.32. The number of benzene rings is 2. The molecule has 0 saturated heterocycles. The molecule has 0 radical (unpaired) electrons. The van der Waals surface area contributed by atoms with Crippen LogP contribution in [0.4, 0.5) is 0 Å². The number of methoxy groups -OCH3 is 2. The van der Waals surface area contributed by atoms with Crippen LogP contribution in [0.15, 0.2) is 48.5 Å². The molecule has 130 valence electrons. The van der Waals surface area contributed by atoms with Gasteiger partial charge < -0.3 is 18.9 Å². The summed E-state index contributed by atoms with van der Waals surface area (Å²) >= 11 is 0. The van der Waals surface area contributed by atoms with Crippen LogP contribution < -0.4 is 9.47 Å². The summed E-state index contributed by atoms with van der Waals surface area (Å²) in [5.74, 6) is 1.71. The molecule has 0 aliphatic rings. The van der Waals surface area contributed by atoms with E-state index in [1.165, 1.54) is 11.1 Å². The van der Waals surface area contributed by atoms with Crippen molar-refractivity contribution in [1.82, 2.24) is 0 Å². The van der Waals surface area contributed by atoms with Gasteiger partial charge in [-0.25, -0.2) is 0 Å². The third-order valence-corrected chi connectivity index (χ3v) is 3.70. The molecule has 24 heavy (non-hydrogen) atoms. The Balaban J connectivity index is 1.57. The summed E-state index contributed by atoms with van der Waals surface area (Å²) in [6.07, 6.45) is 3.22. The average molecular weight is 330 g/mol. The van der Waals surface area contributed by atoms with Crippen LogP contribution in [0.3, 0.4) is 0 Å². The molecule has 2 rings (SSSR count). The maximum Gasteiger partial charge on any atom is 0.188 e. The number of aryl methyl sites for hydroxylation is 1. The number of unbranched alkanes of at least 4 members (excludes halogenated alkanes) is 1. The van der Waals surface area contributed by atoms with Crippen LogP contribution in [-0.2, 0) is 22.5 Å². The highest BCUT2D eigenvalue weighted by molar-refractivity contribution is 5.27. The van der Waals surface area contributed by atoms with E-state index in [1.807, 2.05) is 36.4 Å². The summed E-state index contributed by atoms with van der Waals surface area (Å²) in [4.78, 5) is 0. The molecule has 0 aliphatic heterocycles. The van der Waals surface area contributed by atoms with Gasteiger partial charge in [0, 0.05) is 13.7 Å². The van der Waals surface area contributed by atoms with E-state index in [0.717, 1.165) is 37.4 Å². The molecule has 0 saturated carbocycles. The fourth-order valence-electron chi connectivity index (χ4n) is 2.32. The van der Waals surface area contributed by atoms with E-state index in [9.17, 15) is 0 Å². The zero-order valence-corrected chi connectivity index (χ0v) is 14.5. The molecule has 0 aromatic heterocycles. The first-order valence-electron chi connectivity index (χ1n) is 8.23. The van der Waals surface area contributed by atoms with Crippen LogP contribution >= 0.6 is 0 Å². The molecular weight excluding hydrogens is 304 g/mol. The first-order valence-corrected chi connectivity index (χ1v) is 8.23. The molecule has 0 spiro atoms. The zero-order chi connectivity index (χ0) is 17.0. The third kappa shape index (κ3) is 6.60. The maximum atomic E-state index is 5.72. The first-order chi connectivity index (χ1) is 11.8. The average Bonchev–Trinajstić information content (AvgIpc) is 2.64. The lowest BCUT2D eigenvalue weighted by Crippen LogP contribution is -1.99. The van der Waals surface area contributed by atoms with E-state index in [0.29, 0.717) is 6.61 Å². The Kier molecular flexibility index (Phi) is 8.15. The molecule has 0 unspecified atom stereocenters. The minimum absolute atomic E-state index is 0.283. The second kappa shape index (κ2) is 10.7. The van der Waals surface area contributed by atoms with E-state index in [-0.39, 0.29) is 6.79 Å². The van der Waals surface area contributed by atoms with Gasteiger partial charge in [-0.3, -0.25) is 0 Å². The second-order valence-electron chi connectivity index (χ2n) is 5.55. The van der Waals surface area contributed by atoms with E-state index in [1.54, 1.807) is 14.2 Å². The molecule has 0 heterocycles. The van der Waals surface area contributed by atoms with Crippen molar-refractivity contribution in [1.29, 1.82) is 0 Å². The maximum absolute atomic E-state index is 5.72. The molecule has 2 aromatic carbocycles. The van der Waals surface area contributed by atoms with Crippen molar-refractivity contribution in [2.45, 2.75) is 25.9 Å². The molecule has 0 N–H and O–H groups in total. The smallest absolute Gasteiger partial charge is 0.188 e. The van der Waals surface area contributed by atoms with Gasteiger partial charge in [-0.1, -0.05) is 24.3 Å². The quantitative estimate of drug-likeness (QED) is 0.457. The summed E-state index contributed by atoms with van der Waals surface area (Å²) < 4.78 is 21.1. The van der Waals surface area contributed by atoms with Gasteiger partial charge in [0.15, 0.2) is 6.79 Å². The molecular formula is C20H26O4. The normalized spacial score (nSPS) is 10.6. The molecule has 0 fully saturated rings. The number of ether oxygens (including phenoxy) is 4. The molecule has 0 aliphatic carbocycles. The van der Waals surface area contributed by atoms with Crippen LogP contribution in [0.25, 0.3) is 0 Å². The molecule has 0 amide bonds. The lowest BCUT2D eigenvalue weighted by Gasteiger charge is -2.07. The Bertz CT molecular complexity index is 563. The van der Waals surface area contributed by atoms with Crippen LogP contribution in [-0.4, -0.2) is 27.6 Å². The summed E-state index contributed by atoms with van der Waals surface area (Å²) in [6.45, 7) is 1.71. The van der Waals surface area contributed by atoms with Gasteiger partial charge in [-0.2, -0.15) is 0 Å². The van der Waals surface area contributed by atoms with Crippen molar-refractivity contribution in [3.8, 4) is 11.5 Å². The van der Waals surface area contributed by atoms with Crippen molar-refractivity contribution in [2.24, 2.45) is 0 Å². The Labute approximate surface area is 144 Å². The van der Waals surface area contributed by atoms with E-state index in [2.05, 4.69) is 12.1 Å². The van der Waals surface area contributed by atoms with Gasteiger partial charge in [0.25, 0.3) is 0 Å². The molecule has 0 bridgehead atoms. The van der Waals surface area contributed by atoms with E-state index in [4.69, 9.17) is 18.9 Å². The van der Waals surface area contributed by atoms with Crippen LogP contribution in [0.2, 0.25) is 0 Å². The predicted octanol–water partition coefficient (Wildman–Crippen LogP) is 4.22. The van der Waals surface area contributed by atoms with Crippen molar-refractivity contribution < 1.29 is 18.9 Å². The van der Waals surface area contributed by atoms with Crippen molar-refractivity contribution in [3.05, 3.63) is 59.7 Å². The Hall–Kier alpha value is -2.04. The number of rotatable bonds is 11. The molecule has 4 heteroatoms. The highest BCUT2D eigenvalue weighted by Gasteiger charge is 1.98. The van der Waals surface area contributed by atoms with Crippen LogP contribution in [0.1, 0.15) is 24.0 Å². The lowest BCUT2D eigenvalue weighted by molar-refractivity contribution is 0.0511. The van der Waals surface area contributed by atoms with Gasteiger partial charge in [0.2, 0.25) is 0 Å². The van der Waals surface area contributed by atoms with Crippen molar-refractivity contribution >= 4 is 0 Å². The van der Waals surface area contributed by atoms with Gasteiger partial charge in [-0.15, -0.1) is 0 Å². The van der Waals surface area contributed by atoms with E-state index >= 15 is 0 Å². The second-order valence-corrected chi connectivity index (χ2v) is 5.55. The third-order valence-electron chi connectivity index (χ3n) is 3.70. The highest BCUT2D eigenvalue weighted by Crippen LogP contribution is 2.14. The minimum Gasteiger partial charge on any atom is -0.497 e. The molecule has 2 aromatic rings. The summed E-state index contributed by atoms with van der Waals surface area (Å²) in [7, 11) is 3.29. The minimum atomic E-state index is 0.283. The summed E-state index contributed by atoms with van der Waals surface area (Å²) in [5.41, 5.74) is 2.48. The first kappa shape index (κ1) is 18.3. The van der Waals surface area contributed by atoms with E-state index < -0.39 is 0 Å². The zero-order valence-electron chi connectivity index (χ0n) is 14.5. The number of hydrogen-bond acceptors (Lipinski definition) is 4. The predicted molar refractivity (Wildman–Crippen MR) is 94.5 cm³/mol. The topological polar surface area (TPSA) is 36.9 Å². The van der Waals surface area contributed by atoms with Crippen molar-refractivity contribution in [3.63, 3.8) is 0 Å². The fraction of sp³-hybridized carbons (Fsp3) is 0.400. The Morgan fingerprint density at radius 3 is 2.08 bits per heavy atom. The number of hydrogen-bond donors (Lipinski definition) is 0. The Morgan fingerprint density at radius 2 is 1.42 bits per heavy atom. The van der Waals surface area contributed by atoms with Crippen molar-refractivity contribution in [2.75, 3.05) is 27.6 Å². The monoisotopic (exact) mass is 330 g/mol. The van der Waals surface area contributed by atoms with Gasteiger partial charge in [0.1, 0.15) is 11.5 Å². The van der Waals surface area contributed by atoms with Gasteiger partial charge in [0.05, 0.1) is 13.7 Å². The van der Waals surface area contributed by atoms with Gasteiger partial charge >= 0.3 is 0 Å². The molecule has 4 nitrogen and oxygen atoms in total. The summed E-state index contributed by atoms with van der Waals surface area (Å²) in [6, 6.07) is 16.1.